The van der Waals surface area contributed by atoms with E-state index in [9.17, 15) is 0 Å². The van der Waals surface area contributed by atoms with Crippen molar-refractivity contribution in [2.45, 2.75) is 133 Å². The molecule has 2 fully saturated rings. The van der Waals surface area contributed by atoms with Crippen molar-refractivity contribution in [1.82, 2.24) is 0 Å². The lowest BCUT2D eigenvalue weighted by Crippen LogP contribution is -2.53. The van der Waals surface area contributed by atoms with Crippen molar-refractivity contribution in [2.24, 2.45) is 0 Å². The molecule has 2 heterocycles. The third-order valence-electron chi connectivity index (χ3n) is 16.8. The number of fused-ring (bicyclic) bond motifs is 9. The Morgan fingerprint density at radius 2 is 0.746 bits per heavy atom. The van der Waals surface area contributed by atoms with Gasteiger partial charge in [0, 0.05) is 33.6 Å². The number of para-hydroxylation sites is 2. The lowest BCUT2D eigenvalue weighted by molar-refractivity contribution is 0.218. The van der Waals surface area contributed by atoms with Crippen molar-refractivity contribution in [1.29, 1.82) is 0 Å². The van der Waals surface area contributed by atoms with E-state index in [1.165, 1.54) is 155 Å². The first-order valence-corrected chi connectivity index (χ1v) is 23.0. The molecule has 0 radical (unpaired) electrons. The van der Waals surface area contributed by atoms with Gasteiger partial charge in [0.25, 0.3) is 0 Å². The molecule has 3 aliphatic carbocycles. The van der Waals surface area contributed by atoms with Crippen LogP contribution in [0.2, 0.25) is 0 Å². The average Bonchev–Trinajstić information content (AvgIpc) is 3.77. The Hall–Kier alpha value is -5.08. The van der Waals surface area contributed by atoms with Gasteiger partial charge in [-0.3, -0.25) is 0 Å². The Labute approximate surface area is 353 Å². The fraction of sp³-hybridized carbons (Fsp3) is 0.368. The molecule has 0 bridgehead atoms. The minimum Gasteiger partial charge on any atom is -0.334 e. The van der Waals surface area contributed by atoms with Crippen LogP contribution in [-0.4, -0.2) is 11.1 Å². The highest BCUT2D eigenvalue weighted by Crippen LogP contribution is 2.62. The lowest BCUT2D eigenvalue weighted by atomic mass is 9.63. The maximum atomic E-state index is 2.72. The highest BCUT2D eigenvalue weighted by Gasteiger charge is 2.57. The summed E-state index contributed by atoms with van der Waals surface area (Å²) in [5, 5.41) is 0. The quantitative estimate of drug-likeness (QED) is 0.176. The summed E-state index contributed by atoms with van der Waals surface area (Å²) in [6.07, 6.45) is 16.4. The standard InChI is InChI=1S/C57H60N2/c1-54-31-15-5-7-17-33-56(54,3)58(46-19-11-9-12-20-46)52-29-27-42(38-50(52)54)40-23-25-44-35-45-26-24-41(37-49(45)48(44)36-40)43-28-30-53-51(39-43)55(2)32-16-6-8-18-34-57(55,4)59(53)47-21-13-10-14-22-47/h9-14,19-30,36-39H,5-8,15-18,31-35H2,1-4H3. The van der Waals surface area contributed by atoms with E-state index in [2.05, 4.69) is 171 Å². The maximum absolute atomic E-state index is 2.72. The predicted octanol–water partition coefficient (Wildman–Crippen LogP) is 15.6. The molecule has 4 atom stereocenters. The third-order valence-corrected chi connectivity index (χ3v) is 16.8. The zero-order valence-electron chi connectivity index (χ0n) is 35.8. The fourth-order valence-corrected chi connectivity index (χ4v) is 13.0. The van der Waals surface area contributed by atoms with Crippen LogP contribution < -0.4 is 9.80 Å². The van der Waals surface area contributed by atoms with E-state index in [1.54, 1.807) is 0 Å². The van der Waals surface area contributed by atoms with E-state index in [1.807, 2.05) is 0 Å². The van der Waals surface area contributed by atoms with Crippen molar-refractivity contribution in [3.8, 4) is 33.4 Å². The summed E-state index contributed by atoms with van der Waals surface area (Å²) in [6.45, 7) is 10.3. The van der Waals surface area contributed by atoms with Gasteiger partial charge in [-0.15, -0.1) is 0 Å². The molecule has 2 nitrogen and oxygen atoms in total. The molecule has 2 saturated carbocycles. The predicted molar refractivity (Wildman–Crippen MR) is 250 cm³/mol. The lowest BCUT2D eigenvalue weighted by Gasteiger charge is -2.48. The Kier molecular flexibility index (Phi) is 8.60. The highest BCUT2D eigenvalue weighted by atomic mass is 15.3. The van der Waals surface area contributed by atoms with Gasteiger partial charge in [-0.25, -0.2) is 0 Å². The molecule has 2 heteroatoms. The van der Waals surface area contributed by atoms with E-state index in [0.717, 1.165) is 6.42 Å². The summed E-state index contributed by atoms with van der Waals surface area (Å²) in [5.41, 5.74) is 19.8. The smallest absolute Gasteiger partial charge is 0.0517 e. The number of anilines is 4. The maximum Gasteiger partial charge on any atom is 0.0517 e. The van der Waals surface area contributed by atoms with Crippen LogP contribution in [0.3, 0.4) is 0 Å². The summed E-state index contributed by atoms with van der Waals surface area (Å²) in [5.74, 6) is 0. The molecule has 0 aromatic heterocycles. The Morgan fingerprint density at radius 1 is 0.373 bits per heavy atom. The van der Waals surface area contributed by atoms with Crippen LogP contribution in [0.1, 0.15) is 127 Å². The van der Waals surface area contributed by atoms with Gasteiger partial charge in [0.05, 0.1) is 11.1 Å². The zero-order chi connectivity index (χ0) is 40.0. The molecule has 2 aliphatic heterocycles. The fourth-order valence-electron chi connectivity index (χ4n) is 13.0. The number of hydrogen-bond acceptors (Lipinski definition) is 2. The number of rotatable bonds is 4. The van der Waals surface area contributed by atoms with E-state index in [4.69, 9.17) is 0 Å². The molecule has 0 spiro atoms. The summed E-state index contributed by atoms with van der Waals surface area (Å²) < 4.78 is 0. The third kappa shape index (κ3) is 5.43. The molecule has 11 rings (SSSR count). The minimum atomic E-state index is 0.0337. The Balaban J connectivity index is 0.976. The molecule has 0 amide bonds. The van der Waals surface area contributed by atoms with Gasteiger partial charge in [0.15, 0.2) is 0 Å². The molecule has 4 unspecified atom stereocenters. The summed E-state index contributed by atoms with van der Waals surface area (Å²) in [7, 11) is 0. The first kappa shape index (κ1) is 37.0. The molecule has 0 N–H and O–H groups in total. The van der Waals surface area contributed by atoms with Gasteiger partial charge in [-0.2, -0.15) is 0 Å². The van der Waals surface area contributed by atoms with Gasteiger partial charge in [0.1, 0.15) is 0 Å². The zero-order valence-corrected chi connectivity index (χ0v) is 35.8. The van der Waals surface area contributed by atoms with Crippen molar-refractivity contribution in [3.05, 3.63) is 156 Å². The topological polar surface area (TPSA) is 6.48 Å². The van der Waals surface area contributed by atoms with Crippen molar-refractivity contribution in [3.63, 3.8) is 0 Å². The van der Waals surface area contributed by atoms with Crippen LogP contribution in [0.15, 0.2) is 133 Å². The first-order valence-electron chi connectivity index (χ1n) is 23.0. The van der Waals surface area contributed by atoms with Gasteiger partial charge < -0.3 is 9.80 Å². The molecule has 59 heavy (non-hydrogen) atoms. The largest absolute Gasteiger partial charge is 0.334 e. The van der Waals surface area contributed by atoms with Crippen molar-refractivity contribution in [2.75, 3.05) is 9.80 Å². The summed E-state index contributed by atoms with van der Waals surface area (Å²) >= 11 is 0. The van der Waals surface area contributed by atoms with Crippen molar-refractivity contribution < 1.29 is 0 Å². The average molecular weight is 773 g/mol. The van der Waals surface area contributed by atoms with Gasteiger partial charge in [-0.05, 0) is 162 Å². The first-order chi connectivity index (χ1) is 28.7. The molecule has 5 aliphatic rings. The van der Waals surface area contributed by atoms with Crippen LogP contribution in [0.25, 0.3) is 33.4 Å². The summed E-state index contributed by atoms with van der Waals surface area (Å²) in [4.78, 5) is 5.43. The van der Waals surface area contributed by atoms with Gasteiger partial charge in [-0.1, -0.05) is 138 Å². The summed E-state index contributed by atoms with van der Waals surface area (Å²) in [6, 6.07) is 51.9. The van der Waals surface area contributed by atoms with Gasteiger partial charge in [0.2, 0.25) is 0 Å². The van der Waals surface area contributed by atoms with E-state index in [-0.39, 0.29) is 21.9 Å². The minimum absolute atomic E-state index is 0.0337. The van der Waals surface area contributed by atoms with E-state index in [0.29, 0.717) is 0 Å². The molecule has 6 aromatic rings. The highest BCUT2D eigenvalue weighted by molar-refractivity contribution is 5.87. The van der Waals surface area contributed by atoms with Crippen LogP contribution in [0.4, 0.5) is 22.7 Å². The van der Waals surface area contributed by atoms with E-state index >= 15 is 0 Å². The monoisotopic (exact) mass is 772 g/mol. The van der Waals surface area contributed by atoms with Crippen molar-refractivity contribution >= 4 is 22.7 Å². The van der Waals surface area contributed by atoms with E-state index < -0.39 is 0 Å². The van der Waals surface area contributed by atoms with Crippen LogP contribution in [0, 0.1) is 0 Å². The van der Waals surface area contributed by atoms with Crippen LogP contribution in [0.5, 0.6) is 0 Å². The Bertz CT molecular complexity index is 2390. The van der Waals surface area contributed by atoms with Crippen LogP contribution in [-0.2, 0) is 17.3 Å². The molecular weight excluding hydrogens is 713 g/mol. The normalized spacial score (nSPS) is 27.0. The molecule has 0 saturated heterocycles. The van der Waals surface area contributed by atoms with Gasteiger partial charge >= 0.3 is 0 Å². The molecule has 298 valence electrons. The molecule has 6 aromatic carbocycles. The second-order valence-corrected chi connectivity index (χ2v) is 19.8. The number of hydrogen-bond donors (Lipinski definition) is 0. The number of nitrogens with zero attached hydrogens (tertiary/aromatic N) is 2. The second-order valence-electron chi connectivity index (χ2n) is 19.8. The molecular formula is C57H60N2. The Morgan fingerprint density at radius 3 is 1.17 bits per heavy atom. The second kappa shape index (κ2) is 13.7. The SMILES string of the molecule is CC12CCCCCCC1(C)N(c1ccccc1)c1ccc(-c3ccc4c(c3)-c3cc(-c5ccc6c(c5)C5(C)CCCCCCC5(C)N6c5ccccc5)ccc3C4)cc12. The van der Waals surface area contributed by atoms with Crippen LogP contribution >= 0.6 is 0 Å². The number of benzene rings is 6.